The zero-order valence-corrected chi connectivity index (χ0v) is 13.4. The second-order valence-electron chi connectivity index (χ2n) is 7.30. The van der Waals surface area contributed by atoms with E-state index in [4.69, 9.17) is 4.74 Å². The van der Waals surface area contributed by atoms with Crippen molar-refractivity contribution in [2.45, 2.75) is 90.9 Å². The summed E-state index contributed by atoms with van der Waals surface area (Å²) < 4.78 is 6.52. The number of rotatable bonds is 5. The smallest absolute Gasteiger partial charge is 0.0737 e. The Morgan fingerprint density at radius 3 is 2.63 bits per heavy atom. The van der Waals surface area contributed by atoms with Crippen LogP contribution in [-0.2, 0) is 4.74 Å². The molecule has 2 rings (SSSR count). The first-order valence-electron chi connectivity index (χ1n) is 8.45. The van der Waals surface area contributed by atoms with Crippen LogP contribution in [0.1, 0.15) is 72.6 Å². The van der Waals surface area contributed by atoms with Gasteiger partial charge in [-0.15, -0.1) is 0 Å². The predicted molar refractivity (Wildman–Crippen MR) is 81.4 cm³/mol. The zero-order chi connectivity index (χ0) is 13.9. The molecule has 112 valence electrons. The Morgan fingerprint density at radius 2 is 1.95 bits per heavy atom. The van der Waals surface area contributed by atoms with Crippen LogP contribution in [0.25, 0.3) is 0 Å². The minimum atomic E-state index is 0.388. The molecule has 2 saturated carbocycles. The highest BCUT2D eigenvalue weighted by atomic mass is 16.5. The van der Waals surface area contributed by atoms with E-state index in [0.29, 0.717) is 23.7 Å². The third kappa shape index (κ3) is 3.72. The fourth-order valence-corrected chi connectivity index (χ4v) is 4.10. The largest absolute Gasteiger partial charge is 0.373 e. The van der Waals surface area contributed by atoms with Crippen LogP contribution in [0.4, 0.5) is 0 Å². The topological polar surface area (TPSA) is 21.3 Å². The lowest BCUT2D eigenvalue weighted by atomic mass is 9.85. The Labute approximate surface area is 119 Å². The van der Waals surface area contributed by atoms with E-state index in [2.05, 4.69) is 33.0 Å². The monoisotopic (exact) mass is 267 g/mol. The summed E-state index contributed by atoms with van der Waals surface area (Å²) in [5.74, 6) is 0.908. The second-order valence-corrected chi connectivity index (χ2v) is 7.30. The van der Waals surface area contributed by atoms with Gasteiger partial charge in [0.2, 0.25) is 0 Å². The van der Waals surface area contributed by atoms with Gasteiger partial charge in [0.05, 0.1) is 12.2 Å². The van der Waals surface area contributed by atoms with E-state index >= 15 is 0 Å². The molecule has 0 radical (unpaired) electrons. The Morgan fingerprint density at radius 1 is 1.16 bits per heavy atom. The summed E-state index contributed by atoms with van der Waals surface area (Å²) in [5.41, 5.74) is 0.388. The molecule has 0 aromatic heterocycles. The number of ether oxygens (including phenoxy) is 1. The Balaban J connectivity index is 1.90. The molecule has 0 spiro atoms. The van der Waals surface area contributed by atoms with Gasteiger partial charge in [0.15, 0.2) is 0 Å². The van der Waals surface area contributed by atoms with E-state index in [9.17, 15) is 0 Å². The predicted octanol–water partition coefficient (Wildman–Crippen LogP) is 4.14. The molecule has 0 saturated heterocycles. The Hall–Kier alpha value is -0.0800. The van der Waals surface area contributed by atoms with Crippen molar-refractivity contribution in [3.8, 4) is 0 Å². The zero-order valence-electron chi connectivity index (χ0n) is 13.4. The highest BCUT2D eigenvalue weighted by Gasteiger charge is 2.43. The van der Waals surface area contributed by atoms with Crippen LogP contribution in [0.2, 0.25) is 0 Å². The standard InChI is InChI=1S/C17H33NO/c1-5-13-8-7-9-14(12-13)19-15-10-11-17(3,4)16(15)18-6-2/h13-16,18H,5-12H2,1-4H3. The summed E-state index contributed by atoms with van der Waals surface area (Å²) in [6.45, 7) is 10.4. The average Bonchev–Trinajstić information content (AvgIpc) is 2.67. The van der Waals surface area contributed by atoms with Crippen molar-refractivity contribution >= 4 is 0 Å². The number of likely N-dealkylation sites (N-methyl/N-ethyl adjacent to an activating group) is 1. The fourth-order valence-electron chi connectivity index (χ4n) is 4.10. The molecule has 4 unspecified atom stereocenters. The quantitative estimate of drug-likeness (QED) is 0.808. The minimum Gasteiger partial charge on any atom is -0.373 e. The molecular formula is C17H33NO. The summed E-state index contributed by atoms with van der Waals surface area (Å²) >= 11 is 0. The van der Waals surface area contributed by atoms with Crippen LogP contribution in [0, 0.1) is 11.3 Å². The highest BCUT2D eigenvalue weighted by molar-refractivity contribution is 4.97. The molecule has 0 aromatic rings. The first-order valence-corrected chi connectivity index (χ1v) is 8.45. The van der Waals surface area contributed by atoms with Crippen LogP contribution in [0.3, 0.4) is 0 Å². The summed E-state index contributed by atoms with van der Waals surface area (Å²) in [4.78, 5) is 0. The molecule has 2 aliphatic carbocycles. The van der Waals surface area contributed by atoms with E-state index in [0.717, 1.165) is 12.5 Å². The maximum atomic E-state index is 6.52. The van der Waals surface area contributed by atoms with Gasteiger partial charge in [0, 0.05) is 6.04 Å². The number of hydrogen-bond donors (Lipinski definition) is 1. The summed E-state index contributed by atoms with van der Waals surface area (Å²) in [7, 11) is 0. The van der Waals surface area contributed by atoms with Gasteiger partial charge in [0.25, 0.3) is 0 Å². The molecule has 19 heavy (non-hydrogen) atoms. The molecule has 4 atom stereocenters. The molecule has 0 aliphatic heterocycles. The molecule has 2 nitrogen and oxygen atoms in total. The minimum absolute atomic E-state index is 0.388. The van der Waals surface area contributed by atoms with Crippen LogP contribution >= 0.6 is 0 Å². The van der Waals surface area contributed by atoms with Gasteiger partial charge in [-0.25, -0.2) is 0 Å². The average molecular weight is 267 g/mol. The van der Waals surface area contributed by atoms with Gasteiger partial charge >= 0.3 is 0 Å². The lowest BCUT2D eigenvalue weighted by molar-refractivity contribution is -0.0539. The SMILES string of the molecule is CCNC1C(OC2CCCC(CC)C2)CCC1(C)C. The third-order valence-electron chi connectivity index (χ3n) is 5.39. The van der Waals surface area contributed by atoms with Gasteiger partial charge in [-0.3, -0.25) is 0 Å². The van der Waals surface area contributed by atoms with Crippen molar-refractivity contribution in [3.63, 3.8) is 0 Å². The third-order valence-corrected chi connectivity index (χ3v) is 5.39. The van der Waals surface area contributed by atoms with Crippen LogP contribution in [0.5, 0.6) is 0 Å². The van der Waals surface area contributed by atoms with Crippen molar-refractivity contribution in [1.29, 1.82) is 0 Å². The summed E-state index contributed by atoms with van der Waals surface area (Å²) in [6, 6.07) is 0.541. The number of nitrogens with one attached hydrogen (secondary N) is 1. The van der Waals surface area contributed by atoms with Crippen molar-refractivity contribution in [1.82, 2.24) is 5.32 Å². The highest BCUT2D eigenvalue weighted by Crippen LogP contribution is 2.41. The normalized spacial score (nSPS) is 38.5. The molecule has 0 aromatic carbocycles. The lowest BCUT2D eigenvalue weighted by Crippen LogP contribution is -2.46. The molecular weight excluding hydrogens is 234 g/mol. The van der Waals surface area contributed by atoms with E-state index in [1.807, 2.05) is 0 Å². The van der Waals surface area contributed by atoms with E-state index < -0.39 is 0 Å². The van der Waals surface area contributed by atoms with Gasteiger partial charge < -0.3 is 10.1 Å². The first-order chi connectivity index (χ1) is 9.06. The fraction of sp³-hybridized carbons (Fsp3) is 1.00. The van der Waals surface area contributed by atoms with Gasteiger partial charge in [-0.05, 0) is 43.6 Å². The Bertz CT molecular complexity index is 276. The summed E-state index contributed by atoms with van der Waals surface area (Å²) in [6.07, 6.45) is 10.2. The second kappa shape index (κ2) is 6.58. The van der Waals surface area contributed by atoms with E-state index in [-0.39, 0.29) is 0 Å². The van der Waals surface area contributed by atoms with E-state index in [1.165, 1.54) is 44.9 Å². The molecule has 2 heteroatoms. The molecule has 2 aliphatic rings. The van der Waals surface area contributed by atoms with Crippen LogP contribution < -0.4 is 5.32 Å². The first kappa shape index (κ1) is 15.3. The molecule has 0 amide bonds. The molecule has 0 heterocycles. The van der Waals surface area contributed by atoms with Crippen molar-refractivity contribution < 1.29 is 4.74 Å². The Kier molecular flexibility index (Phi) is 5.30. The number of hydrogen-bond acceptors (Lipinski definition) is 2. The lowest BCUT2D eigenvalue weighted by Gasteiger charge is -2.35. The molecule has 2 fully saturated rings. The van der Waals surface area contributed by atoms with Gasteiger partial charge in [-0.1, -0.05) is 47.0 Å². The molecule has 1 N–H and O–H groups in total. The maximum absolute atomic E-state index is 6.52. The maximum Gasteiger partial charge on any atom is 0.0737 e. The van der Waals surface area contributed by atoms with Crippen molar-refractivity contribution in [2.24, 2.45) is 11.3 Å². The molecule has 0 bridgehead atoms. The van der Waals surface area contributed by atoms with Crippen molar-refractivity contribution in [2.75, 3.05) is 6.54 Å². The van der Waals surface area contributed by atoms with Gasteiger partial charge in [0.1, 0.15) is 0 Å². The van der Waals surface area contributed by atoms with Crippen LogP contribution in [-0.4, -0.2) is 24.8 Å². The van der Waals surface area contributed by atoms with Crippen LogP contribution in [0.15, 0.2) is 0 Å². The summed E-state index contributed by atoms with van der Waals surface area (Å²) in [5, 5.41) is 3.67. The van der Waals surface area contributed by atoms with Crippen molar-refractivity contribution in [3.05, 3.63) is 0 Å². The van der Waals surface area contributed by atoms with Gasteiger partial charge in [-0.2, -0.15) is 0 Å². The van der Waals surface area contributed by atoms with E-state index in [1.54, 1.807) is 0 Å².